The second-order valence-corrected chi connectivity index (χ2v) is 5.49. The van der Waals surface area contributed by atoms with Crippen LogP contribution >= 0.6 is 0 Å². The molecule has 1 aromatic rings. The van der Waals surface area contributed by atoms with E-state index >= 15 is 0 Å². The zero-order chi connectivity index (χ0) is 16.2. The van der Waals surface area contributed by atoms with E-state index in [-0.39, 0.29) is 30.2 Å². The van der Waals surface area contributed by atoms with E-state index in [2.05, 4.69) is 10.1 Å². The number of hydrogen-bond acceptors (Lipinski definition) is 3. The van der Waals surface area contributed by atoms with Crippen LogP contribution < -0.4 is 15.8 Å². The first kappa shape index (κ1) is 16.6. The number of alkyl halides is 3. The van der Waals surface area contributed by atoms with E-state index in [1.54, 1.807) is 6.07 Å². The summed E-state index contributed by atoms with van der Waals surface area (Å²) < 4.78 is 40.9. The molecule has 7 heteroatoms. The average molecular weight is 316 g/mol. The van der Waals surface area contributed by atoms with Gasteiger partial charge in [0.15, 0.2) is 0 Å². The van der Waals surface area contributed by atoms with Crippen molar-refractivity contribution in [2.24, 2.45) is 11.7 Å². The van der Waals surface area contributed by atoms with Crippen LogP contribution in [0.4, 0.5) is 13.2 Å². The molecule has 0 bridgehead atoms. The van der Waals surface area contributed by atoms with Crippen molar-refractivity contribution in [1.82, 2.24) is 5.32 Å². The van der Waals surface area contributed by atoms with E-state index in [1.165, 1.54) is 18.2 Å². The highest BCUT2D eigenvalue weighted by molar-refractivity contribution is 5.78. The molecule has 0 unspecified atom stereocenters. The first-order chi connectivity index (χ1) is 10.3. The van der Waals surface area contributed by atoms with Crippen LogP contribution in [0.2, 0.25) is 0 Å². The van der Waals surface area contributed by atoms with Gasteiger partial charge in [0.1, 0.15) is 5.75 Å². The number of amides is 1. The van der Waals surface area contributed by atoms with Gasteiger partial charge in [-0.3, -0.25) is 4.79 Å². The number of benzene rings is 1. The summed E-state index contributed by atoms with van der Waals surface area (Å²) in [6.07, 6.45) is -1.72. The van der Waals surface area contributed by atoms with Gasteiger partial charge in [-0.15, -0.1) is 13.2 Å². The van der Waals surface area contributed by atoms with Crippen LogP contribution in [0.1, 0.15) is 31.2 Å². The lowest BCUT2D eigenvalue weighted by Gasteiger charge is -2.25. The van der Waals surface area contributed by atoms with Gasteiger partial charge in [0.25, 0.3) is 0 Å². The summed E-state index contributed by atoms with van der Waals surface area (Å²) in [6, 6.07) is 5.93. The smallest absolute Gasteiger partial charge is 0.405 e. The van der Waals surface area contributed by atoms with Crippen molar-refractivity contribution in [2.75, 3.05) is 0 Å². The third kappa shape index (κ3) is 4.91. The molecule has 0 saturated heterocycles. The largest absolute Gasteiger partial charge is 0.573 e. The molecule has 22 heavy (non-hydrogen) atoms. The molecule has 1 aromatic carbocycles. The Morgan fingerprint density at radius 1 is 1.23 bits per heavy atom. The topological polar surface area (TPSA) is 64.4 Å². The van der Waals surface area contributed by atoms with Crippen molar-refractivity contribution >= 4 is 5.91 Å². The minimum atomic E-state index is -4.75. The Labute approximate surface area is 126 Å². The lowest BCUT2D eigenvalue weighted by molar-refractivity contribution is -0.274. The van der Waals surface area contributed by atoms with Gasteiger partial charge in [-0.2, -0.15) is 0 Å². The first-order valence-electron chi connectivity index (χ1n) is 7.22. The third-order valence-corrected chi connectivity index (χ3v) is 3.79. The maximum atomic E-state index is 12.3. The number of nitrogens with one attached hydrogen (secondary N) is 1. The van der Waals surface area contributed by atoms with Crippen LogP contribution in [0.3, 0.4) is 0 Å². The number of hydrogen-bond donors (Lipinski definition) is 2. The van der Waals surface area contributed by atoms with Crippen LogP contribution in [0, 0.1) is 5.92 Å². The number of para-hydroxylation sites is 1. The van der Waals surface area contributed by atoms with Crippen LogP contribution in [0.15, 0.2) is 24.3 Å². The van der Waals surface area contributed by atoms with Crippen LogP contribution in [-0.4, -0.2) is 18.3 Å². The first-order valence-corrected chi connectivity index (χ1v) is 7.22. The van der Waals surface area contributed by atoms with Crippen LogP contribution in [0.5, 0.6) is 5.75 Å². The summed E-state index contributed by atoms with van der Waals surface area (Å²) >= 11 is 0. The van der Waals surface area contributed by atoms with Gasteiger partial charge in [-0.05, 0) is 31.7 Å². The quantitative estimate of drug-likeness (QED) is 0.898. The van der Waals surface area contributed by atoms with Crippen molar-refractivity contribution in [3.05, 3.63) is 29.8 Å². The Morgan fingerprint density at radius 2 is 1.86 bits per heavy atom. The van der Waals surface area contributed by atoms with E-state index in [1.807, 2.05) is 0 Å². The van der Waals surface area contributed by atoms with Crippen molar-refractivity contribution in [2.45, 2.75) is 44.6 Å². The molecule has 122 valence electrons. The van der Waals surface area contributed by atoms with E-state index in [9.17, 15) is 18.0 Å². The molecule has 0 atom stereocenters. The molecule has 1 fully saturated rings. The predicted molar refractivity (Wildman–Crippen MR) is 74.9 cm³/mol. The zero-order valence-corrected chi connectivity index (χ0v) is 12.0. The lowest BCUT2D eigenvalue weighted by Crippen LogP contribution is -2.36. The van der Waals surface area contributed by atoms with Gasteiger partial charge in [0.2, 0.25) is 5.91 Å². The summed E-state index contributed by atoms with van der Waals surface area (Å²) in [7, 11) is 0. The number of carbonyl (C=O) groups excluding carboxylic acids is 1. The van der Waals surface area contributed by atoms with E-state index in [4.69, 9.17) is 5.73 Å². The molecular weight excluding hydrogens is 297 g/mol. The minimum Gasteiger partial charge on any atom is -0.405 e. The number of rotatable bonds is 4. The van der Waals surface area contributed by atoms with Gasteiger partial charge in [0, 0.05) is 24.1 Å². The van der Waals surface area contributed by atoms with Crippen LogP contribution in [-0.2, 0) is 11.3 Å². The standard InChI is InChI=1S/C15H19F3N2O2/c16-15(17,18)22-13-4-2-1-3-11(13)9-20-14(21)10-5-7-12(19)8-6-10/h1-4,10,12H,5-9,19H2,(H,20,21)/t10-,12-. The lowest BCUT2D eigenvalue weighted by atomic mass is 9.86. The fraction of sp³-hybridized carbons (Fsp3) is 0.533. The van der Waals surface area contributed by atoms with E-state index in [0.717, 1.165) is 12.8 Å². The maximum absolute atomic E-state index is 12.3. The van der Waals surface area contributed by atoms with Crippen molar-refractivity contribution in [3.63, 3.8) is 0 Å². The molecule has 4 nitrogen and oxygen atoms in total. The fourth-order valence-electron chi connectivity index (χ4n) is 2.58. The van der Waals surface area contributed by atoms with Crippen LogP contribution in [0.25, 0.3) is 0 Å². The summed E-state index contributed by atoms with van der Waals surface area (Å²) in [6.45, 7) is 0.00758. The molecule has 1 saturated carbocycles. The predicted octanol–water partition coefficient (Wildman–Crippen LogP) is 2.72. The van der Waals surface area contributed by atoms with Gasteiger partial charge in [0.05, 0.1) is 0 Å². The molecule has 2 rings (SSSR count). The summed E-state index contributed by atoms with van der Waals surface area (Å²) in [5.74, 6) is -0.551. The van der Waals surface area contributed by atoms with Gasteiger partial charge in [-0.25, -0.2) is 0 Å². The Kier molecular flexibility index (Phi) is 5.28. The van der Waals surface area contributed by atoms with E-state index in [0.29, 0.717) is 18.4 Å². The maximum Gasteiger partial charge on any atom is 0.573 e. The molecule has 1 amide bonds. The number of halogens is 3. The molecule has 0 spiro atoms. The highest BCUT2D eigenvalue weighted by Gasteiger charge is 2.32. The SMILES string of the molecule is N[C@H]1CC[C@H](C(=O)NCc2ccccc2OC(F)(F)F)CC1. The molecule has 0 radical (unpaired) electrons. The molecule has 0 aromatic heterocycles. The van der Waals surface area contributed by atoms with E-state index < -0.39 is 6.36 Å². The number of nitrogens with two attached hydrogens (primary N) is 1. The van der Waals surface area contributed by atoms with Crippen molar-refractivity contribution in [3.8, 4) is 5.75 Å². The Hall–Kier alpha value is -1.76. The third-order valence-electron chi connectivity index (χ3n) is 3.79. The highest BCUT2D eigenvalue weighted by atomic mass is 19.4. The van der Waals surface area contributed by atoms with Gasteiger partial charge in [-0.1, -0.05) is 18.2 Å². The molecule has 0 aliphatic heterocycles. The van der Waals surface area contributed by atoms with Crippen molar-refractivity contribution in [1.29, 1.82) is 0 Å². The molecular formula is C15H19F3N2O2. The molecule has 3 N–H and O–H groups in total. The summed E-state index contributed by atoms with van der Waals surface area (Å²) in [4.78, 5) is 12.1. The number of carbonyl (C=O) groups is 1. The summed E-state index contributed by atoms with van der Waals surface area (Å²) in [5, 5.41) is 2.68. The average Bonchev–Trinajstić information content (AvgIpc) is 2.45. The Morgan fingerprint density at radius 3 is 2.50 bits per heavy atom. The second-order valence-electron chi connectivity index (χ2n) is 5.49. The molecule has 0 heterocycles. The molecule has 1 aliphatic carbocycles. The Balaban J connectivity index is 1.92. The highest BCUT2D eigenvalue weighted by Crippen LogP contribution is 2.27. The van der Waals surface area contributed by atoms with Gasteiger partial charge >= 0.3 is 6.36 Å². The number of ether oxygens (including phenoxy) is 1. The monoisotopic (exact) mass is 316 g/mol. The minimum absolute atomic E-state index is 0.00758. The Bertz CT molecular complexity index is 512. The van der Waals surface area contributed by atoms with Crippen molar-refractivity contribution < 1.29 is 22.7 Å². The fourth-order valence-corrected chi connectivity index (χ4v) is 2.58. The van der Waals surface area contributed by atoms with Gasteiger partial charge < -0.3 is 15.8 Å². The normalized spacial score (nSPS) is 22.2. The summed E-state index contributed by atoms with van der Waals surface area (Å²) in [5.41, 5.74) is 6.08. The zero-order valence-electron chi connectivity index (χ0n) is 12.0. The second kappa shape index (κ2) is 7.00. The molecule has 1 aliphatic rings.